The Labute approximate surface area is 166 Å². The summed E-state index contributed by atoms with van der Waals surface area (Å²) in [6.45, 7) is 2.96. The van der Waals surface area contributed by atoms with Crippen LogP contribution in [0.3, 0.4) is 0 Å². The van der Waals surface area contributed by atoms with E-state index in [1.807, 2.05) is 6.92 Å². The Morgan fingerprint density at radius 3 is 2.50 bits per heavy atom. The molecular formula is C17H27N3O6S2. The van der Waals surface area contributed by atoms with Crippen LogP contribution in [0.1, 0.15) is 26.2 Å². The molecule has 2 N–H and O–H groups in total. The van der Waals surface area contributed by atoms with Crippen molar-refractivity contribution >= 4 is 26.0 Å². The fraction of sp³-hybridized carbons (Fsp3) is 0.588. The first kappa shape index (κ1) is 22.6. The van der Waals surface area contributed by atoms with Gasteiger partial charge in [0.2, 0.25) is 26.0 Å². The molecule has 0 aliphatic carbocycles. The van der Waals surface area contributed by atoms with Gasteiger partial charge in [-0.2, -0.15) is 0 Å². The highest BCUT2D eigenvalue weighted by molar-refractivity contribution is 7.89. The van der Waals surface area contributed by atoms with Crippen LogP contribution in [-0.2, 0) is 24.8 Å². The average molecular weight is 434 g/mol. The maximum Gasteiger partial charge on any atom is 0.240 e. The average Bonchev–Trinajstić information content (AvgIpc) is 2.62. The number of amides is 1. The number of hydrogen-bond acceptors (Lipinski definition) is 6. The lowest BCUT2D eigenvalue weighted by Crippen LogP contribution is -2.49. The van der Waals surface area contributed by atoms with Gasteiger partial charge in [-0.1, -0.05) is 0 Å². The number of sulfonamides is 2. The monoisotopic (exact) mass is 433 g/mol. The first-order chi connectivity index (χ1) is 13.1. The predicted molar refractivity (Wildman–Crippen MR) is 105 cm³/mol. The van der Waals surface area contributed by atoms with Crippen LogP contribution >= 0.6 is 0 Å². The zero-order chi connectivity index (χ0) is 20.8. The van der Waals surface area contributed by atoms with Crippen molar-refractivity contribution in [3.63, 3.8) is 0 Å². The molecule has 1 aromatic rings. The molecule has 1 aromatic carbocycles. The molecule has 11 heteroatoms. The highest BCUT2D eigenvalue weighted by Crippen LogP contribution is 2.16. The van der Waals surface area contributed by atoms with E-state index in [2.05, 4.69) is 10.0 Å². The number of rotatable bonds is 9. The third-order valence-electron chi connectivity index (χ3n) is 4.31. The van der Waals surface area contributed by atoms with Gasteiger partial charge in [-0.3, -0.25) is 4.79 Å². The fourth-order valence-corrected chi connectivity index (χ4v) is 4.87. The highest BCUT2D eigenvalue weighted by Gasteiger charge is 2.26. The topological polar surface area (TPSA) is 122 Å². The summed E-state index contributed by atoms with van der Waals surface area (Å²) in [6, 6.07) is 5.76. The number of nitrogens with zero attached hydrogens (tertiary/aromatic N) is 1. The minimum absolute atomic E-state index is 0.0361. The fourth-order valence-electron chi connectivity index (χ4n) is 2.93. The number of nitrogens with one attached hydrogen (secondary N) is 2. The number of hydrogen-bond donors (Lipinski definition) is 2. The molecule has 158 valence electrons. The summed E-state index contributed by atoms with van der Waals surface area (Å²) in [5.41, 5.74) is 0. The quantitative estimate of drug-likeness (QED) is 0.577. The van der Waals surface area contributed by atoms with E-state index in [0.717, 1.165) is 6.26 Å². The minimum atomic E-state index is -3.72. The first-order valence-electron chi connectivity index (χ1n) is 9.09. The van der Waals surface area contributed by atoms with E-state index in [1.165, 1.54) is 16.4 Å². The SMILES string of the molecule is CCOc1ccc(S(=O)(=O)NCCC(=O)NC2CCCN(S(C)(=O)=O)C2)cc1. The lowest BCUT2D eigenvalue weighted by atomic mass is 10.1. The molecule has 0 saturated carbocycles. The molecule has 1 atom stereocenters. The maximum atomic E-state index is 12.3. The summed E-state index contributed by atoms with van der Waals surface area (Å²) in [5.74, 6) is 0.256. The number of carbonyl (C=O) groups excluding carboxylic acids is 1. The van der Waals surface area contributed by atoms with Crippen LogP contribution in [0.15, 0.2) is 29.2 Å². The van der Waals surface area contributed by atoms with E-state index >= 15 is 0 Å². The number of piperidine rings is 1. The van der Waals surface area contributed by atoms with Gasteiger partial charge in [0, 0.05) is 32.1 Å². The molecular weight excluding hydrogens is 406 g/mol. The molecule has 0 spiro atoms. The molecule has 0 radical (unpaired) electrons. The van der Waals surface area contributed by atoms with Gasteiger partial charge in [-0.05, 0) is 44.0 Å². The van der Waals surface area contributed by atoms with E-state index in [4.69, 9.17) is 4.74 Å². The van der Waals surface area contributed by atoms with E-state index in [9.17, 15) is 21.6 Å². The van der Waals surface area contributed by atoms with E-state index < -0.39 is 20.0 Å². The molecule has 0 bridgehead atoms. The van der Waals surface area contributed by atoms with Gasteiger partial charge in [-0.15, -0.1) is 0 Å². The van der Waals surface area contributed by atoms with Crippen LogP contribution in [0, 0.1) is 0 Å². The molecule has 9 nitrogen and oxygen atoms in total. The largest absolute Gasteiger partial charge is 0.494 e. The second-order valence-electron chi connectivity index (χ2n) is 6.58. The van der Waals surface area contributed by atoms with Crippen LogP contribution in [-0.4, -0.2) is 65.6 Å². The standard InChI is InChI=1S/C17H27N3O6S2/c1-3-26-15-6-8-16(9-7-15)28(24,25)18-11-10-17(21)19-14-5-4-12-20(13-14)27(2,22)23/h6-9,14,18H,3-5,10-13H2,1-2H3,(H,19,21). The van der Waals surface area contributed by atoms with Crippen molar-refractivity contribution in [2.45, 2.75) is 37.1 Å². The van der Waals surface area contributed by atoms with Crippen LogP contribution < -0.4 is 14.8 Å². The molecule has 2 rings (SSSR count). The van der Waals surface area contributed by atoms with Crippen molar-refractivity contribution in [1.29, 1.82) is 0 Å². The molecule has 0 aromatic heterocycles. The van der Waals surface area contributed by atoms with Crippen LogP contribution in [0.4, 0.5) is 0 Å². The van der Waals surface area contributed by atoms with Crippen molar-refractivity contribution < 1.29 is 26.4 Å². The Balaban J connectivity index is 1.81. The predicted octanol–water partition coefficient (Wildman–Crippen LogP) is 0.294. The van der Waals surface area contributed by atoms with Crippen molar-refractivity contribution in [2.24, 2.45) is 0 Å². The van der Waals surface area contributed by atoms with Crippen LogP contribution in [0.5, 0.6) is 5.75 Å². The Morgan fingerprint density at radius 2 is 1.89 bits per heavy atom. The van der Waals surface area contributed by atoms with E-state index in [1.54, 1.807) is 12.1 Å². The van der Waals surface area contributed by atoms with Gasteiger partial charge >= 0.3 is 0 Å². The van der Waals surface area contributed by atoms with Crippen LogP contribution in [0.2, 0.25) is 0 Å². The summed E-state index contributed by atoms with van der Waals surface area (Å²) in [6.07, 6.45) is 2.47. The van der Waals surface area contributed by atoms with Gasteiger partial charge in [-0.25, -0.2) is 25.9 Å². The molecule has 1 saturated heterocycles. The first-order valence-corrected chi connectivity index (χ1v) is 12.4. The van der Waals surface area contributed by atoms with E-state index in [-0.39, 0.29) is 36.4 Å². The normalized spacial score (nSPS) is 18.6. The van der Waals surface area contributed by atoms with Gasteiger partial charge in [0.15, 0.2) is 0 Å². The molecule has 1 heterocycles. The minimum Gasteiger partial charge on any atom is -0.494 e. The third kappa shape index (κ3) is 6.73. The Bertz CT molecular complexity index is 869. The second kappa shape index (κ2) is 9.68. The summed E-state index contributed by atoms with van der Waals surface area (Å²) in [4.78, 5) is 12.2. The highest BCUT2D eigenvalue weighted by atomic mass is 32.2. The number of benzene rings is 1. The number of ether oxygens (including phenoxy) is 1. The van der Waals surface area contributed by atoms with Crippen molar-refractivity contribution in [3.8, 4) is 5.75 Å². The van der Waals surface area contributed by atoms with Crippen LogP contribution in [0.25, 0.3) is 0 Å². The summed E-state index contributed by atoms with van der Waals surface area (Å²) in [5, 5.41) is 2.77. The summed E-state index contributed by atoms with van der Waals surface area (Å²) < 4.78 is 56.8. The third-order valence-corrected chi connectivity index (χ3v) is 7.05. The molecule has 1 unspecified atom stereocenters. The zero-order valence-electron chi connectivity index (χ0n) is 16.0. The van der Waals surface area contributed by atoms with Gasteiger partial charge in [0.25, 0.3) is 0 Å². The second-order valence-corrected chi connectivity index (χ2v) is 10.3. The Morgan fingerprint density at radius 1 is 1.21 bits per heavy atom. The lowest BCUT2D eigenvalue weighted by molar-refractivity contribution is -0.121. The zero-order valence-corrected chi connectivity index (χ0v) is 17.7. The lowest BCUT2D eigenvalue weighted by Gasteiger charge is -2.31. The van der Waals surface area contributed by atoms with Gasteiger partial charge in [0.1, 0.15) is 5.75 Å². The summed E-state index contributed by atoms with van der Waals surface area (Å²) >= 11 is 0. The van der Waals surface area contributed by atoms with Crippen molar-refractivity contribution in [1.82, 2.24) is 14.3 Å². The van der Waals surface area contributed by atoms with Gasteiger partial charge < -0.3 is 10.1 Å². The molecule has 28 heavy (non-hydrogen) atoms. The number of carbonyl (C=O) groups is 1. The van der Waals surface area contributed by atoms with E-state index in [0.29, 0.717) is 31.7 Å². The molecule has 1 aliphatic rings. The molecule has 1 aliphatic heterocycles. The maximum absolute atomic E-state index is 12.3. The van der Waals surface area contributed by atoms with Crippen molar-refractivity contribution in [3.05, 3.63) is 24.3 Å². The van der Waals surface area contributed by atoms with Crippen molar-refractivity contribution in [2.75, 3.05) is 32.5 Å². The molecule has 1 fully saturated rings. The summed E-state index contributed by atoms with van der Waals surface area (Å²) in [7, 11) is -7.01. The Hall–Kier alpha value is -1.69. The Kier molecular flexibility index (Phi) is 7.81. The molecule has 1 amide bonds. The van der Waals surface area contributed by atoms with Gasteiger partial charge in [0.05, 0.1) is 17.8 Å². The smallest absolute Gasteiger partial charge is 0.240 e.